The molecular weight excluding hydrogens is 420 g/mol. The number of benzene rings is 3. The predicted octanol–water partition coefficient (Wildman–Crippen LogP) is 4.20. The van der Waals surface area contributed by atoms with Crippen molar-refractivity contribution in [2.24, 2.45) is 0 Å². The van der Waals surface area contributed by atoms with Gasteiger partial charge in [0.2, 0.25) is 5.91 Å². The number of nitrogens with one attached hydrogen (secondary N) is 2. The summed E-state index contributed by atoms with van der Waals surface area (Å²) in [5.41, 5.74) is 2.46. The van der Waals surface area contributed by atoms with Crippen LogP contribution in [0.15, 0.2) is 78.9 Å². The van der Waals surface area contributed by atoms with Gasteiger partial charge in [-0.25, -0.2) is 0 Å². The summed E-state index contributed by atoms with van der Waals surface area (Å²) >= 11 is 0. The summed E-state index contributed by atoms with van der Waals surface area (Å²) in [6.45, 7) is 1.49. The zero-order chi connectivity index (χ0) is 23.6. The van der Waals surface area contributed by atoms with Crippen LogP contribution in [-0.2, 0) is 16.1 Å². The van der Waals surface area contributed by atoms with Crippen LogP contribution >= 0.6 is 0 Å². The van der Waals surface area contributed by atoms with Crippen LogP contribution in [0.3, 0.4) is 0 Å². The number of ether oxygens (including phenoxy) is 2. The number of rotatable bonds is 8. The third-order valence-electron chi connectivity index (χ3n) is 4.63. The molecule has 0 radical (unpaired) electrons. The molecule has 3 aromatic carbocycles. The minimum atomic E-state index is -0.461. The molecule has 7 nitrogen and oxygen atoms in total. The van der Waals surface area contributed by atoms with E-state index < -0.39 is 5.97 Å². The molecule has 0 aliphatic rings. The van der Waals surface area contributed by atoms with Crippen LogP contribution in [0.25, 0.3) is 6.08 Å². The molecule has 0 heterocycles. The highest BCUT2D eigenvalue weighted by atomic mass is 16.5. The van der Waals surface area contributed by atoms with Gasteiger partial charge in [-0.3, -0.25) is 14.4 Å². The number of esters is 1. The van der Waals surface area contributed by atoms with E-state index in [1.165, 1.54) is 19.1 Å². The Bertz CT molecular complexity index is 1190. The average Bonchev–Trinajstić information content (AvgIpc) is 2.82. The minimum absolute atomic E-state index is 0.198. The van der Waals surface area contributed by atoms with Gasteiger partial charge >= 0.3 is 5.97 Å². The number of carbonyl (C=O) groups is 3. The fourth-order valence-corrected chi connectivity index (χ4v) is 3.08. The highest BCUT2D eigenvalue weighted by Gasteiger charge is 2.10. The molecular formula is C26H24N2O5. The molecule has 0 aliphatic heterocycles. The van der Waals surface area contributed by atoms with Crippen LogP contribution in [0.2, 0.25) is 0 Å². The van der Waals surface area contributed by atoms with Gasteiger partial charge in [-0.15, -0.1) is 0 Å². The average molecular weight is 444 g/mol. The number of hydrogen-bond acceptors (Lipinski definition) is 5. The third kappa shape index (κ3) is 6.80. The zero-order valence-electron chi connectivity index (χ0n) is 18.3. The van der Waals surface area contributed by atoms with E-state index in [4.69, 9.17) is 9.47 Å². The summed E-state index contributed by atoms with van der Waals surface area (Å²) in [4.78, 5) is 36.1. The SMILES string of the molecule is COc1ccccc1/C=C/C(=O)Nc1ccccc1CNC(=O)c1cccc(OC(C)=O)c1. The van der Waals surface area contributed by atoms with Gasteiger partial charge in [0.25, 0.3) is 5.91 Å². The van der Waals surface area contributed by atoms with Crippen molar-refractivity contribution >= 4 is 29.5 Å². The summed E-state index contributed by atoms with van der Waals surface area (Å²) in [5, 5.41) is 5.65. The Hall–Kier alpha value is -4.39. The van der Waals surface area contributed by atoms with Crippen LogP contribution in [-0.4, -0.2) is 24.9 Å². The first-order valence-electron chi connectivity index (χ1n) is 10.2. The van der Waals surface area contributed by atoms with Gasteiger partial charge in [0.1, 0.15) is 11.5 Å². The summed E-state index contributed by atoms with van der Waals surface area (Å²) in [5.74, 6) is -0.140. The van der Waals surface area contributed by atoms with Gasteiger partial charge in [0.05, 0.1) is 7.11 Å². The van der Waals surface area contributed by atoms with E-state index in [1.807, 2.05) is 36.4 Å². The largest absolute Gasteiger partial charge is 0.496 e. The first kappa shape index (κ1) is 23.3. The van der Waals surface area contributed by atoms with E-state index >= 15 is 0 Å². The van der Waals surface area contributed by atoms with E-state index in [0.29, 0.717) is 22.7 Å². The smallest absolute Gasteiger partial charge is 0.308 e. The number of methoxy groups -OCH3 is 1. The summed E-state index contributed by atoms with van der Waals surface area (Å²) < 4.78 is 10.3. The maximum absolute atomic E-state index is 12.5. The molecule has 3 aromatic rings. The second-order valence-electron chi connectivity index (χ2n) is 7.03. The van der Waals surface area contributed by atoms with Crippen LogP contribution < -0.4 is 20.1 Å². The molecule has 0 saturated heterocycles. The van der Waals surface area contributed by atoms with Crippen molar-refractivity contribution in [2.75, 3.05) is 12.4 Å². The molecule has 0 saturated carbocycles. The van der Waals surface area contributed by atoms with Crippen LogP contribution in [0, 0.1) is 0 Å². The predicted molar refractivity (Wildman–Crippen MR) is 126 cm³/mol. The molecule has 0 bridgehead atoms. The summed E-state index contributed by atoms with van der Waals surface area (Å²) in [6, 6.07) is 20.9. The lowest BCUT2D eigenvalue weighted by atomic mass is 10.1. The van der Waals surface area contributed by atoms with Crippen molar-refractivity contribution in [1.29, 1.82) is 0 Å². The molecule has 0 aromatic heterocycles. The van der Waals surface area contributed by atoms with E-state index in [1.54, 1.807) is 43.5 Å². The lowest BCUT2D eigenvalue weighted by Gasteiger charge is -2.11. The Morgan fingerprint density at radius 3 is 2.48 bits per heavy atom. The minimum Gasteiger partial charge on any atom is -0.496 e. The normalized spacial score (nSPS) is 10.5. The molecule has 2 N–H and O–H groups in total. The number of amides is 2. The highest BCUT2D eigenvalue weighted by molar-refractivity contribution is 6.02. The summed E-state index contributed by atoms with van der Waals surface area (Å²) in [6.07, 6.45) is 3.10. The number of para-hydroxylation sites is 2. The van der Waals surface area contributed by atoms with Crippen molar-refractivity contribution in [1.82, 2.24) is 5.32 Å². The highest BCUT2D eigenvalue weighted by Crippen LogP contribution is 2.20. The molecule has 0 unspecified atom stereocenters. The maximum Gasteiger partial charge on any atom is 0.308 e. The van der Waals surface area contributed by atoms with Crippen molar-refractivity contribution in [3.63, 3.8) is 0 Å². The molecule has 0 fully saturated rings. The number of hydrogen-bond donors (Lipinski definition) is 2. The van der Waals surface area contributed by atoms with Gasteiger partial charge in [-0.05, 0) is 42.0 Å². The number of anilines is 1. The first-order valence-corrected chi connectivity index (χ1v) is 10.2. The Kier molecular flexibility index (Phi) is 7.96. The summed E-state index contributed by atoms with van der Waals surface area (Å²) in [7, 11) is 1.57. The molecule has 168 valence electrons. The van der Waals surface area contributed by atoms with Crippen molar-refractivity contribution in [3.05, 3.63) is 95.6 Å². The second-order valence-corrected chi connectivity index (χ2v) is 7.03. The van der Waals surface area contributed by atoms with Crippen LogP contribution in [0.1, 0.15) is 28.4 Å². The Balaban J connectivity index is 1.64. The quantitative estimate of drug-likeness (QED) is 0.309. The van der Waals surface area contributed by atoms with E-state index in [0.717, 1.165) is 11.1 Å². The second kappa shape index (κ2) is 11.3. The van der Waals surface area contributed by atoms with E-state index in [-0.39, 0.29) is 18.4 Å². The number of carbonyl (C=O) groups excluding carboxylic acids is 3. The molecule has 0 atom stereocenters. The Labute approximate surface area is 192 Å². The van der Waals surface area contributed by atoms with E-state index in [2.05, 4.69) is 10.6 Å². The van der Waals surface area contributed by atoms with E-state index in [9.17, 15) is 14.4 Å². The zero-order valence-corrected chi connectivity index (χ0v) is 18.3. The lowest BCUT2D eigenvalue weighted by Crippen LogP contribution is -2.23. The van der Waals surface area contributed by atoms with Crippen LogP contribution in [0.5, 0.6) is 11.5 Å². The van der Waals surface area contributed by atoms with Gasteiger partial charge < -0.3 is 20.1 Å². The fraction of sp³-hybridized carbons (Fsp3) is 0.115. The van der Waals surface area contributed by atoms with Crippen molar-refractivity contribution < 1.29 is 23.9 Å². The molecule has 33 heavy (non-hydrogen) atoms. The fourth-order valence-electron chi connectivity index (χ4n) is 3.08. The molecule has 2 amide bonds. The topological polar surface area (TPSA) is 93.7 Å². The third-order valence-corrected chi connectivity index (χ3v) is 4.63. The molecule has 3 rings (SSSR count). The standard InChI is InChI=1S/C26H24N2O5/c1-18(29)33-22-11-7-10-20(16-22)26(31)27-17-21-9-3-5-12-23(21)28-25(30)15-14-19-8-4-6-13-24(19)32-2/h3-16H,17H2,1-2H3,(H,27,31)(H,28,30)/b15-14+. The van der Waals surface area contributed by atoms with Gasteiger partial charge in [-0.1, -0.05) is 42.5 Å². The Morgan fingerprint density at radius 2 is 1.70 bits per heavy atom. The van der Waals surface area contributed by atoms with Gasteiger partial charge in [0.15, 0.2) is 0 Å². The molecule has 0 spiro atoms. The Morgan fingerprint density at radius 1 is 0.939 bits per heavy atom. The first-order chi connectivity index (χ1) is 16.0. The molecule has 0 aliphatic carbocycles. The molecule has 7 heteroatoms. The van der Waals surface area contributed by atoms with Crippen LogP contribution in [0.4, 0.5) is 5.69 Å². The van der Waals surface area contributed by atoms with Crippen molar-refractivity contribution in [3.8, 4) is 11.5 Å². The lowest BCUT2D eigenvalue weighted by molar-refractivity contribution is -0.131. The maximum atomic E-state index is 12.5. The van der Waals surface area contributed by atoms with Crippen molar-refractivity contribution in [2.45, 2.75) is 13.5 Å². The van der Waals surface area contributed by atoms with Gasteiger partial charge in [0, 0.05) is 36.4 Å². The monoisotopic (exact) mass is 444 g/mol. The van der Waals surface area contributed by atoms with Gasteiger partial charge in [-0.2, -0.15) is 0 Å².